The Balaban J connectivity index is 1.83. The van der Waals surface area contributed by atoms with Crippen molar-refractivity contribution in [2.75, 3.05) is 18.8 Å². The summed E-state index contributed by atoms with van der Waals surface area (Å²) in [6.45, 7) is 4.18. The fourth-order valence-electron chi connectivity index (χ4n) is 3.60. The van der Waals surface area contributed by atoms with Crippen LogP contribution in [0.2, 0.25) is 10.0 Å². The molecule has 2 aromatic carbocycles. The summed E-state index contributed by atoms with van der Waals surface area (Å²) in [4.78, 5) is 1.21. The molecule has 1 fully saturated rings. The molecule has 2 atom stereocenters. The normalized spacial score (nSPS) is 22.0. The standard InChI is InChI=1S/C19H19Cl2NOS/c1-2-24-18-8-11(13-4-3-12(20)9-16(13)21)7-14-15-10-22-6-5-17(15)23-19(14)18/h3-4,7-9,15,17,22H,2,5-6,10H2,1H3/t15-,17-/m0/s1. The summed E-state index contributed by atoms with van der Waals surface area (Å²) in [5.41, 5.74) is 3.47. The van der Waals surface area contributed by atoms with Crippen LogP contribution >= 0.6 is 35.0 Å². The molecule has 2 aliphatic heterocycles. The first-order valence-corrected chi connectivity index (χ1v) is 10.0. The van der Waals surface area contributed by atoms with Crippen LogP contribution in [0.25, 0.3) is 11.1 Å². The summed E-state index contributed by atoms with van der Waals surface area (Å²) in [6.07, 6.45) is 1.36. The lowest BCUT2D eigenvalue weighted by molar-refractivity contribution is 0.169. The van der Waals surface area contributed by atoms with E-state index in [2.05, 4.69) is 24.4 Å². The second-order valence-corrected chi connectivity index (χ2v) is 8.35. The zero-order valence-electron chi connectivity index (χ0n) is 13.4. The lowest BCUT2D eigenvalue weighted by Gasteiger charge is -2.24. The van der Waals surface area contributed by atoms with Gasteiger partial charge in [0.05, 0.1) is 4.90 Å². The Morgan fingerprint density at radius 1 is 1.25 bits per heavy atom. The van der Waals surface area contributed by atoms with Crippen LogP contribution in [0.5, 0.6) is 5.75 Å². The maximum atomic E-state index is 6.45. The van der Waals surface area contributed by atoms with Crippen LogP contribution in [0.1, 0.15) is 24.8 Å². The van der Waals surface area contributed by atoms with Crippen molar-refractivity contribution >= 4 is 35.0 Å². The van der Waals surface area contributed by atoms with Gasteiger partial charge in [-0.3, -0.25) is 0 Å². The topological polar surface area (TPSA) is 21.3 Å². The Morgan fingerprint density at radius 2 is 2.12 bits per heavy atom. The van der Waals surface area contributed by atoms with Crippen molar-refractivity contribution in [1.29, 1.82) is 0 Å². The van der Waals surface area contributed by atoms with E-state index in [4.69, 9.17) is 27.9 Å². The first-order chi connectivity index (χ1) is 11.7. The van der Waals surface area contributed by atoms with Gasteiger partial charge in [-0.25, -0.2) is 0 Å². The molecule has 0 saturated carbocycles. The van der Waals surface area contributed by atoms with Crippen molar-refractivity contribution < 1.29 is 4.74 Å². The number of halogens is 2. The van der Waals surface area contributed by atoms with E-state index in [1.807, 2.05) is 23.9 Å². The van der Waals surface area contributed by atoms with Crippen molar-refractivity contribution in [2.45, 2.75) is 30.3 Å². The average molecular weight is 380 g/mol. The number of hydrogen-bond donors (Lipinski definition) is 1. The molecule has 2 heterocycles. The number of nitrogens with one attached hydrogen (secondary N) is 1. The highest BCUT2D eigenvalue weighted by molar-refractivity contribution is 7.99. The second-order valence-electron chi connectivity index (χ2n) is 6.21. The summed E-state index contributed by atoms with van der Waals surface area (Å²) in [7, 11) is 0. The molecule has 0 aliphatic carbocycles. The van der Waals surface area contributed by atoms with Crippen molar-refractivity contribution in [2.24, 2.45) is 0 Å². The van der Waals surface area contributed by atoms with Crippen LogP contribution in [0.3, 0.4) is 0 Å². The molecule has 24 heavy (non-hydrogen) atoms. The highest BCUT2D eigenvalue weighted by Crippen LogP contribution is 2.48. The molecule has 5 heteroatoms. The summed E-state index contributed by atoms with van der Waals surface area (Å²) in [6, 6.07) is 10.2. The number of ether oxygens (including phenoxy) is 1. The van der Waals surface area contributed by atoms with Crippen LogP contribution in [0.4, 0.5) is 0 Å². The predicted octanol–water partition coefficient (Wildman–Crippen LogP) is 5.61. The lowest BCUT2D eigenvalue weighted by atomic mass is 9.89. The molecule has 1 N–H and O–H groups in total. The molecule has 0 amide bonds. The predicted molar refractivity (Wildman–Crippen MR) is 103 cm³/mol. The largest absolute Gasteiger partial charge is 0.488 e. The van der Waals surface area contributed by atoms with Gasteiger partial charge in [0.15, 0.2) is 0 Å². The molecule has 2 nitrogen and oxygen atoms in total. The van der Waals surface area contributed by atoms with Crippen molar-refractivity contribution in [3.05, 3.63) is 45.9 Å². The third-order valence-corrected chi connectivity index (χ3v) is 6.16. The SMILES string of the molecule is CCSc1cc(-c2ccc(Cl)cc2Cl)cc2c1O[C@H]1CCNC[C@@H]21. The van der Waals surface area contributed by atoms with Gasteiger partial charge in [0.25, 0.3) is 0 Å². The van der Waals surface area contributed by atoms with Crippen LogP contribution < -0.4 is 10.1 Å². The Morgan fingerprint density at radius 3 is 2.92 bits per heavy atom. The van der Waals surface area contributed by atoms with Crippen LogP contribution in [0.15, 0.2) is 35.2 Å². The molecule has 4 rings (SSSR count). The van der Waals surface area contributed by atoms with Crippen LogP contribution in [-0.2, 0) is 0 Å². The molecule has 0 aromatic heterocycles. The van der Waals surface area contributed by atoms with E-state index in [0.717, 1.165) is 42.1 Å². The summed E-state index contributed by atoms with van der Waals surface area (Å²) >= 11 is 14.3. The quantitative estimate of drug-likeness (QED) is 0.700. The zero-order valence-corrected chi connectivity index (χ0v) is 15.8. The number of rotatable bonds is 3. The van der Waals surface area contributed by atoms with Gasteiger partial charge in [-0.15, -0.1) is 11.8 Å². The van der Waals surface area contributed by atoms with Crippen LogP contribution in [0, 0.1) is 0 Å². The molecule has 126 valence electrons. The van der Waals surface area contributed by atoms with Gasteiger partial charge in [-0.05, 0) is 48.5 Å². The van der Waals surface area contributed by atoms with Gasteiger partial charge < -0.3 is 10.1 Å². The van der Waals surface area contributed by atoms with E-state index in [9.17, 15) is 0 Å². The number of piperidine rings is 1. The minimum absolute atomic E-state index is 0.299. The zero-order chi connectivity index (χ0) is 16.7. The molecular weight excluding hydrogens is 361 g/mol. The van der Waals surface area contributed by atoms with Gasteiger partial charge in [0.1, 0.15) is 11.9 Å². The first kappa shape index (κ1) is 16.6. The van der Waals surface area contributed by atoms with Gasteiger partial charge >= 0.3 is 0 Å². The molecule has 0 spiro atoms. The van der Waals surface area contributed by atoms with E-state index in [1.54, 1.807) is 6.07 Å². The van der Waals surface area contributed by atoms with Crippen molar-refractivity contribution in [3.63, 3.8) is 0 Å². The molecule has 0 bridgehead atoms. The third kappa shape index (κ3) is 2.92. The Hall–Kier alpha value is -0.870. The Bertz CT molecular complexity index is 780. The number of fused-ring (bicyclic) bond motifs is 3. The van der Waals surface area contributed by atoms with Crippen molar-refractivity contribution in [3.8, 4) is 16.9 Å². The minimum Gasteiger partial charge on any atom is -0.488 e. The maximum absolute atomic E-state index is 6.45. The van der Waals surface area contributed by atoms with Gasteiger partial charge in [-0.1, -0.05) is 36.2 Å². The van der Waals surface area contributed by atoms with E-state index < -0.39 is 0 Å². The Labute approximate surface area is 156 Å². The minimum atomic E-state index is 0.299. The molecule has 1 saturated heterocycles. The number of benzene rings is 2. The molecule has 0 radical (unpaired) electrons. The van der Waals surface area contributed by atoms with Crippen LogP contribution in [-0.4, -0.2) is 24.9 Å². The first-order valence-electron chi connectivity index (χ1n) is 8.31. The smallest absolute Gasteiger partial charge is 0.137 e. The summed E-state index contributed by atoms with van der Waals surface area (Å²) in [5.74, 6) is 2.52. The number of thioether (sulfide) groups is 1. The molecule has 0 unspecified atom stereocenters. The molecular formula is C19H19Cl2NOS. The van der Waals surface area contributed by atoms with Gasteiger partial charge in [-0.2, -0.15) is 0 Å². The lowest BCUT2D eigenvalue weighted by Crippen LogP contribution is -2.37. The maximum Gasteiger partial charge on any atom is 0.137 e. The Kier molecular flexibility index (Phi) is 4.70. The third-order valence-electron chi connectivity index (χ3n) is 4.71. The monoisotopic (exact) mass is 379 g/mol. The molecule has 2 aliphatic rings. The number of hydrogen-bond acceptors (Lipinski definition) is 3. The van der Waals surface area contributed by atoms with E-state index >= 15 is 0 Å². The summed E-state index contributed by atoms with van der Waals surface area (Å²) in [5, 5.41) is 4.84. The fourth-order valence-corrected chi connectivity index (χ4v) is 4.94. The molecule has 2 aromatic rings. The van der Waals surface area contributed by atoms with E-state index in [-0.39, 0.29) is 0 Å². The van der Waals surface area contributed by atoms with Gasteiger partial charge in [0, 0.05) is 33.6 Å². The average Bonchev–Trinajstić information content (AvgIpc) is 2.94. The van der Waals surface area contributed by atoms with E-state index in [1.165, 1.54) is 10.5 Å². The highest BCUT2D eigenvalue weighted by Gasteiger charge is 2.38. The highest BCUT2D eigenvalue weighted by atomic mass is 35.5. The van der Waals surface area contributed by atoms with Crippen molar-refractivity contribution in [1.82, 2.24) is 5.32 Å². The van der Waals surface area contributed by atoms with E-state index in [0.29, 0.717) is 22.1 Å². The van der Waals surface area contributed by atoms with Gasteiger partial charge in [0.2, 0.25) is 0 Å². The fraction of sp³-hybridized carbons (Fsp3) is 0.368. The summed E-state index contributed by atoms with van der Waals surface area (Å²) < 4.78 is 6.32. The second kappa shape index (κ2) is 6.80.